The Labute approximate surface area is 359 Å². The van der Waals surface area contributed by atoms with Gasteiger partial charge in [-0.25, -0.2) is 0 Å². The van der Waals surface area contributed by atoms with Crippen LogP contribution in [0.1, 0.15) is 34.6 Å². The van der Waals surface area contributed by atoms with Gasteiger partial charge in [-0.15, -0.1) is 0 Å². The minimum Gasteiger partial charge on any atom is -0.394 e. The minimum absolute atomic E-state index is 0.196. The fraction of sp³-hybridized carbons (Fsp3) is 0.861. The Morgan fingerprint density at radius 1 is 0.540 bits per heavy atom. The summed E-state index contributed by atoms with van der Waals surface area (Å²) >= 11 is 0. The Kier molecular flexibility index (Phi) is 19.4. The molecule has 4 aliphatic rings. The largest absolute Gasteiger partial charge is 0.394 e. The van der Waals surface area contributed by atoms with Gasteiger partial charge in [-0.05, 0) is 6.92 Å². The summed E-state index contributed by atoms with van der Waals surface area (Å²) in [5.74, 6) is -3.00. The van der Waals surface area contributed by atoms with E-state index in [-0.39, 0.29) is 6.29 Å². The van der Waals surface area contributed by atoms with E-state index in [9.17, 15) is 75.0 Å². The highest BCUT2D eigenvalue weighted by molar-refractivity contribution is 5.75. The summed E-state index contributed by atoms with van der Waals surface area (Å²) in [5, 5.41) is 116. The van der Waals surface area contributed by atoms with E-state index in [1.165, 1.54) is 6.92 Å². The van der Waals surface area contributed by atoms with Crippen LogP contribution in [0.4, 0.5) is 0 Å². The van der Waals surface area contributed by atoms with Crippen molar-refractivity contribution in [1.82, 2.24) is 21.3 Å². The summed E-state index contributed by atoms with van der Waals surface area (Å²) in [5.41, 5.74) is 0. The lowest BCUT2D eigenvalue weighted by molar-refractivity contribution is -0.384. The zero-order valence-electron chi connectivity index (χ0n) is 34.9. The first-order valence-corrected chi connectivity index (χ1v) is 20.0. The van der Waals surface area contributed by atoms with Gasteiger partial charge in [0.05, 0.1) is 38.6 Å². The predicted molar refractivity (Wildman–Crippen MR) is 201 cm³/mol. The molecule has 4 aliphatic heterocycles. The number of carbonyl (C=O) groups excluding carboxylic acids is 5. The number of nitrogens with one attached hydrogen (secondary N) is 4. The van der Waals surface area contributed by atoms with Gasteiger partial charge in [0.25, 0.3) is 0 Å². The van der Waals surface area contributed by atoms with Gasteiger partial charge in [0.1, 0.15) is 97.5 Å². The topological polar surface area (TPSA) is 410 Å². The maximum atomic E-state index is 12.9. The first-order valence-electron chi connectivity index (χ1n) is 20.0. The molecular weight excluding hydrogens is 856 g/mol. The fourth-order valence-corrected chi connectivity index (χ4v) is 7.64. The van der Waals surface area contributed by atoms with E-state index in [2.05, 4.69) is 21.3 Å². The van der Waals surface area contributed by atoms with E-state index < -0.39 is 185 Å². The molecule has 4 rings (SSSR count). The molecule has 0 radical (unpaired) electrons. The molecule has 0 aromatic heterocycles. The Bertz CT molecular complexity index is 1540. The molecule has 0 unspecified atom stereocenters. The molecule has 4 saturated heterocycles. The molecule has 4 heterocycles. The lowest BCUT2D eigenvalue weighted by Gasteiger charge is -2.51. The first kappa shape index (κ1) is 52.5. The molecule has 0 bridgehead atoms. The summed E-state index contributed by atoms with van der Waals surface area (Å²) in [6.07, 6.45) is -31.6. The van der Waals surface area contributed by atoms with Crippen LogP contribution < -0.4 is 21.3 Å². The third kappa shape index (κ3) is 12.6. The van der Waals surface area contributed by atoms with Gasteiger partial charge in [-0.1, -0.05) is 0 Å². The van der Waals surface area contributed by atoms with Crippen molar-refractivity contribution in [3.63, 3.8) is 0 Å². The molecule has 14 N–H and O–H groups in total. The third-order valence-corrected chi connectivity index (χ3v) is 10.8. The molecule has 27 nitrogen and oxygen atoms in total. The number of hydrogen-bond acceptors (Lipinski definition) is 23. The van der Waals surface area contributed by atoms with Crippen LogP contribution in [0.2, 0.25) is 0 Å². The van der Waals surface area contributed by atoms with E-state index in [0.717, 1.165) is 27.7 Å². The standard InChI is InChI=1S/C36H60N4O23/c1-11-24(50)29(55)32(63-34-22(39-14(4)48)28(54)26(52)19(9-44)59-34)36(56-11)62-31-23(40-15(5)49)35(57-17(7-42)16(6-41)37-12(2)46)60-20(10-45)30(31)61-33-21(38-13(3)47)27(53)25(51)18(8-43)58-33/h7,11,16-36,41,43-45,50-55H,6,8-10H2,1-5H3,(H,37,46)(H,38,47)(H,39,48)(H,40,49)/t11-,16+,17+,18-,19+,20-,21-,22+,23-,24+,25+,26-,27-,28+,29+,30-,31-,32-,33+,34+,35-,36-/m1/s1. The number of hydrogen-bond donors (Lipinski definition) is 14. The van der Waals surface area contributed by atoms with Crippen LogP contribution in [-0.4, -0.2) is 242 Å². The van der Waals surface area contributed by atoms with E-state index >= 15 is 0 Å². The van der Waals surface area contributed by atoms with Crippen molar-refractivity contribution in [3.05, 3.63) is 0 Å². The minimum atomic E-state index is -1.98. The molecule has 0 aromatic carbocycles. The second kappa shape index (κ2) is 23.3. The van der Waals surface area contributed by atoms with Gasteiger partial charge in [0, 0.05) is 27.7 Å². The zero-order chi connectivity index (χ0) is 47.0. The molecule has 0 aromatic rings. The third-order valence-electron chi connectivity index (χ3n) is 10.8. The predicted octanol–water partition coefficient (Wildman–Crippen LogP) is -9.20. The molecule has 0 saturated carbocycles. The van der Waals surface area contributed by atoms with Crippen LogP contribution in [0.5, 0.6) is 0 Å². The summed E-state index contributed by atoms with van der Waals surface area (Å²) in [4.78, 5) is 61.8. The maximum absolute atomic E-state index is 12.9. The SMILES string of the molecule is CC(=O)N[C@@H]1[C@H](O[C@H]2[C@@H](O[C@@H]3[C@@H](NC(C)=O)[C@H](O[C@@H](C=O)[C@H](CO)NC(C)=O)O[C@H](CO)[C@H]3O[C@@H]3O[C@H](CO)[C@H](O)[C@H](O)[C@H]3NC(C)=O)O[C@H](C)[C@H](O)[C@@H]2O)O[C@@H](CO)[C@@H](O)[C@H]1O. The Morgan fingerprint density at radius 3 is 1.41 bits per heavy atom. The number of rotatable bonds is 18. The van der Waals surface area contributed by atoms with Crippen molar-refractivity contribution < 1.29 is 113 Å². The van der Waals surface area contributed by atoms with E-state index in [1.54, 1.807) is 0 Å². The first-order chi connectivity index (χ1) is 29.7. The normalized spacial score (nSPS) is 41.7. The Balaban J connectivity index is 1.87. The Hall–Kier alpha value is -3.17. The van der Waals surface area contributed by atoms with Crippen LogP contribution in [-0.2, 0) is 61.9 Å². The highest BCUT2D eigenvalue weighted by Gasteiger charge is 2.57. The molecular formula is C36H60N4O23. The molecule has 27 heteroatoms. The lowest BCUT2D eigenvalue weighted by Crippen LogP contribution is -2.71. The maximum Gasteiger partial charge on any atom is 0.217 e. The quantitative estimate of drug-likeness (QED) is 0.0568. The molecule has 4 amide bonds. The zero-order valence-corrected chi connectivity index (χ0v) is 34.9. The number of aliphatic hydroxyl groups is 10. The van der Waals surface area contributed by atoms with Crippen molar-refractivity contribution in [2.24, 2.45) is 0 Å². The number of carbonyl (C=O) groups is 5. The van der Waals surface area contributed by atoms with Crippen molar-refractivity contribution in [1.29, 1.82) is 0 Å². The number of ether oxygens (including phenoxy) is 8. The van der Waals surface area contributed by atoms with Crippen LogP contribution in [0.3, 0.4) is 0 Å². The number of aldehydes is 1. The van der Waals surface area contributed by atoms with Gasteiger partial charge < -0.3 is 115 Å². The second-order valence-corrected chi connectivity index (χ2v) is 15.5. The van der Waals surface area contributed by atoms with Crippen molar-refractivity contribution in [3.8, 4) is 0 Å². The van der Waals surface area contributed by atoms with E-state index in [0.29, 0.717) is 0 Å². The van der Waals surface area contributed by atoms with Gasteiger partial charge >= 0.3 is 0 Å². The summed E-state index contributed by atoms with van der Waals surface area (Å²) < 4.78 is 48.1. The van der Waals surface area contributed by atoms with Crippen LogP contribution in [0.15, 0.2) is 0 Å². The van der Waals surface area contributed by atoms with Crippen LogP contribution >= 0.6 is 0 Å². The van der Waals surface area contributed by atoms with Gasteiger partial charge in [0.15, 0.2) is 31.4 Å². The summed E-state index contributed by atoms with van der Waals surface area (Å²) in [7, 11) is 0. The lowest BCUT2D eigenvalue weighted by atomic mass is 9.93. The Morgan fingerprint density at radius 2 is 0.984 bits per heavy atom. The fourth-order valence-electron chi connectivity index (χ4n) is 7.64. The second-order valence-electron chi connectivity index (χ2n) is 15.5. The van der Waals surface area contributed by atoms with Gasteiger partial charge in [-0.3, -0.25) is 19.2 Å². The highest BCUT2D eigenvalue weighted by Crippen LogP contribution is 2.36. The van der Waals surface area contributed by atoms with Crippen LogP contribution in [0.25, 0.3) is 0 Å². The average molecular weight is 917 g/mol. The molecule has 4 fully saturated rings. The van der Waals surface area contributed by atoms with Gasteiger partial charge in [0.2, 0.25) is 23.6 Å². The van der Waals surface area contributed by atoms with Crippen molar-refractivity contribution in [2.45, 2.75) is 169 Å². The molecule has 0 aliphatic carbocycles. The molecule has 22 atom stereocenters. The highest BCUT2D eigenvalue weighted by atomic mass is 16.8. The summed E-state index contributed by atoms with van der Waals surface area (Å²) in [6.45, 7) is 1.96. The van der Waals surface area contributed by atoms with Crippen LogP contribution in [0, 0.1) is 0 Å². The number of amides is 4. The van der Waals surface area contributed by atoms with Crippen molar-refractivity contribution >= 4 is 29.9 Å². The van der Waals surface area contributed by atoms with Crippen molar-refractivity contribution in [2.75, 3.05) is 26.4 Å². The van der Waals surface area contributed by atoms with E-state index in [1.807, 2.05) is 0 Å². The molecule has 63 heavy (non-hydrogen) atoms. The number of aliphatic hydroxyl groups excluding tert-OH is 10. The van der Waals surface area contributed by atoms with Gasteiger partial charge in [-0.2, -0.15) is 0 Å². The molecule has 362 valence electrons. The van der Waals surface area contributed by atoms with E-state index in [4.69, 9.17) is 37.9 Å². The molecule has 0 spiro atoms. The monoisotopic (exact) mass is 916 g/mol. The summed E-state index contributed by atoms with van der Waals surface area (Å²) in [6, 6.07) is -6.32. The average Bonchev–Trinajstić information content (AvgIpc) is 3.22. The smallest absolute Gasteiger partial charge is 0.217 e.